The first-order valence-corrected chi connectivity index (χ1v) is 6.35. The van der Waals surface area contributed by atoms with Crippen LogP contribution in [0.15, 0.2) is 53.6 Å². The van der Waals surface area contributed by atoms with Crippen molar-refractivity contribution in [3.05, 3.63) is 75.6 Å². The molecule has 2 aromatic rings. The molecule has 0 radical (unpaired) electrons. The molecular formula is C15H12FN3O3. The Kier molecular flexibility index (Phi) is 4.92. The van der Waals surface area contributed by atoms with Gasteiger partial charge in [0.25, 0.3) is 5.69 Å². The van der Waals surface area contributed by atoms with Crippen molar-refractivity contribution in [2.75, 3.05) is 0 Å². The van der Waals surface area contributed by atoms with Gasteiger partial charge >= 0.3 is 0 Å². The minimum Gasteiger partial charge on any atom is -0.273 e. The molecule has 0 aliphatic heterocycles. The summed E-state index contributed by atoms with van der Waals surface area (Å²) in [6.45, 7) is 0. The third kappa shape index (κ3) is 4.48. The van der Waals surface area contributed by atoms with Crippen LogP contribution in [-0.4, -0.2) is 17.0 Å². The maximum Gasteiger partial charge on any atom is 0.269 e. The maximum atomic E-state index is 12.7. The van der Waals surface area contributed by atoms with Crippen molar-refractivity contribution in [3.8, 4) is 0 Å². The Morgan fingerprint density at radius 3 is 2.41 bits per heavy atom. The molecule has 2 rings (SSSR count). The molecule has 0 spiro atoms. The zero-order valence-corrected chi connectivity index (χ0v) is 11.4. The fourth-order valence-electron chi connectivity index (χ4n) is 1.69. The van der Waals surface area contributed by atoms with Gasteiger partial charge in [-0.1, -0.05) is 24.3 Å². The molecule has 1 amide bonds. The summed E-state index contributed by atoms with van der Waals surface area (Å²) in [5.41, 5.74) is 3.59. The number of non-ortho nitro benzene ring substituents is 1. The first-order chi connectivity index (χ1) is 10.5. The number of nitrogens with zero attached hydrogens (tertiary/aromatic N) is 2. The lowest BCUT2D eigenvalue weighted by molar-refractivity contribution is -0.384. The van der Waals surface area contributed by atoms with E-state index in [2.05, 4.69) is 10.5 Å². The van der Waals surface area contributed by atoms with Crippen LogP contribution in [0.2, 0.25) is 0 Å². The Bertz CT molecular complexity index is 697. The summed E-state index contributed by atoms with van der Waals surface area (Å²) >= 11 is 0. The number of amides is 1. The molecule has 0 bridgehead atoms. The second-order valence-corrected chi connectivity index (χ2v) is 4.45. The molecule has 112 valence electrons. The molecule has 2 aromatic carbocycles. The molecule has 0 aliphatic carbocycles. The molecule has 0 fully saturated rings. The SMILES string of the molecule is O=C(Cc1ccc([N+](=O)[O-])cc1)N/N=C\c1ccc(F)cc1. The predicted octanol–water partition coefficient (Wildman–Crippen LogP) is 2.43. The molecule has 0 saturated heterocycles. The molecule has 0 unspecified atom stereocenters. The fraction of sp³-hybridized carbons (Fsp3) is 0.0667. The largest absolute Gasteiger partial charge is 0.273 e. The number of benzene rings is 2. The van der Waals surface area contributed by atoms with Gasteiger partial charge in [-0.05, 0) is 23.3 Å². The topological polar surface area (TPSA) is 84.6 Å². The first-order valence-electron chi connectivity index (χ1n) is 6.35. The molecular weight excluding hydrogens is 289 g/mol. The lowest BCUT2D eigenvalue weighted by Crippen LogP contribution is -2.19. The lowest BCUT2D eigenvalue weighted by atomic mass is 10.1. The van der Waals surface area contributed by atoms with Crippen molar-refractivity contribution in [2.24, 2.45) is 5.10 Å². The van der Waals surface area contributed by atoms with Crippen molar-refractivity contribution in [1.82, 2.24) is 5.43 Å². The Balaban J connectivity index is 1.87. The van der Waals surface area contributed by atoms with Crippen LogP contribution in [0.5, 0.6) is 0 Å². The molecule has 0 aromatic heterocycles. The zero-order valence-electron chi connectivity index (χ0n) is 11.4. The average molecular weight is 301 g/mol. The molecule has 0 heterocycles. The highest BCUT2D eigenvalue weighted by atomic mass is 19.1. The molecule has 0 saturated carbocycles. The van der Waals surface area contributed by atoms with Gasteiger partial charge in [-0.15, -0.1) is 0 Å². The van der Waals surface area contributed by atoms with Crippen LogP contribution in [0, 0.1) is 15.9 Å². The van der Waals surface area contributed by atoms with Gasteiger partial charge in [0.2, 0.25) is 5.91 Å². The Morgan fingerprint density at radius 2 is 1.82 bits per heavy atom. The van der Waals surface area contributed by atoms with Crippen LogP contribution < -0.4 is 5.43 Å². The van der Waals surface area contributed by atoms with Crippen molar-refractivity contribution in [3.63, 3.8) is 0 Å². The van der Waals surface area contributed by atoms with E-state index >= 15 is 0 Å². The summed E-state index contributed by atoms with van der Waals surface area (Å²) in [5.74, 6) is -0.702. The van der Waals surface area contributed by atoms with Crippen LogP contribution in [0.4, 0.5) is 10.1 Å². The minimum atomic E-state index is -0.503. The second-order valence-electron chi connectivity index (χ2n) is 4.45. The number of hydrogen-bond donors (Lipinski definition) is 1. The Morgan fingerprint density at radius 1 is 1.18 bits per heavy atom. The molecule has 22 heavy (non-hydrogen) atoms. The van der Waals surface area contributed by atoms with Gasteiger partial charge < -0.3 is 0 Å². The van der Waals surface area contributed by atoms with Crippen molar-refractivity contribution in [1.29, 1.82) is 0 Å². The highest BCUT2D eigenvalue weighted by Crippen LogP contribution is 2.12. The van der Waals surface area contributed by atoms with Gasteiger partial charge in [-0.3, -0.25) is 14.9 Å². The second kappa shape index (κ2) is 7.07. The van der Waals surface area contributed by atoms with Crippen LogP contribution in [0.1, 0.15) is 11.1 Å². The van der Waals surface area contributed by atoms with E-state index in [1.165, 1.54) is 54.7 Å². The fourth-order valence-corrected chi connectivity index (χ4v) is 1.69. The van der Waals surface area contributed by atoms with E-state index in [1.54, 1.807) is 0 Å². The van der Waals surface area contributed by atoms with Crippen molar-refractivity contribution >= 4 is 17.8 Å². The van der Waals surface area contributed by atoms with Gasteiger partial charge in [-0.2, -0.15) is 5.10 Å². The lowest BCUT2D eigenvalue weighted by Gasteiger charge is -2.00. The van der Waals surface area contributed by atoms with Gasteiger partial charge in [0.05, 0.1) is 17.6 Å². The molecule has 0 atom stereocenters. The number of nitro benzene ring substituents is 1. The molecule has 0 aliphatic rings. The van der Waals surface area contributed by atoms with Crippen LogP contribution in [-0.2, 0) is 11.2 Å². The monoisotopic (exact) mass is 301 g/mol. The number of hydrogen-bond acceptors (Lipinski definition) is 4. The number of rotatable bonds is 5. The minimum absolute atomic E-state index is 0.0292. The summed E-state index contributed by atoms with van der Waals surface area (Å²) < 4.78 is 12.7. The number of carbonyl (C=O) groups excluding carboxylic acids is 1. The molecule has 7 heteroatoms. The first kappa shape index (κ1) is 15.3. The average Bonchev–Trinajstić information content (AvgIpc) is 2.50. The summed E-state index contributed by atoms with van der Waals surface area (Å²) in [4.78, 5) is 21.7. The summed E-state index contributed by atoms with van der Waals surface area (Å²) in [6, 6.07) is 11.3. The smallest absolute Gasteiger partial charge is 0.269 e. The van der Waals surface area contributed by atoms with E-state index in [0.29, 0.717) is 11.1 Å². The van der Waals surface area contributed by atoms with Crippen LogP contribution in [0.3, 0.4) is 0 Å². The van der Waals surface area contributed by atoms with Crippen molar-refractivity contribution in [2.45, 2.75) is 6.42 Å². The quantitative estimate of drug-likeness (QED) is 0.523. The van der Waals surface area contributed by atoms with E-state index in [4.69, 9.17) is 0 Å². The highest BCUT2D eigenvalue weighted by Gasteiger charge is 2.06. The van der Waals surface area contributed by atoms with E-state index < -0.39 is 4.92 Å². The van der Waals surface area contributed by atoms with Crippen LogP contribution >= 0.6 is 0 Å². The molecule has 6 nitrogen and oxygen atoms in total. The van der Waals surface area contributed by atoms with Crippen LogP contribution in [0.25, 0.3) is 0 Å². The normalized spacial score (nSPS) is 10.6. The number of nitrogens with one attached hydrogen (secondary N) is 1. The summed E-state index contributed by atoms with van der Waals surface area (Å²) in [6.07, 6.45) is 1.45. The van der Waals surface area contributed by atoms with Gasteiger partial charge in [0.15, 0.2) is 0 Å². The van der Waals surface area contributed by atoms with E-state index in [-0.39, 0.29) is 23.8 Å². The third-order valence-electron chi connectivity index (χ3n) is 2.78. The third-order valence-corrected chi connectivity index (χ3v) is 2.78. The summed E-state index contributed by atoms with van der Waals surface area (Å²) in [5, 5.41) is 14.3. The Labute approximate surface area is 125 Å². The zero-order chi connectivity index (χ0) is 15.9. The predicted molar refractivity (Wildman–Crippen MR) is 78.9 cm³/mol. The van der Waals surface area contributed by atoms with Gasteiger partial charge in [-0.25, -0.2) is 9.82 Å². The molecule has 1 N–H and O–H groups in total. The summed E-state index contributed by atoms with van der Waals surface area (Å²) in [7, 11) is 0. The van der Waals surface area contributed by atoms with E-state index in [1.807, 2.05) is 0 Å². The van der Waals surface area contributed by atoms with E-state index in [0.717, 1.165) is 0 Å². The van der Waals surface area contributed by atoms with Gasteiger partial charge in [0.1, 0.15) is 5.82 Å². The number of carbonyl (C=O) groups is 1. The highest BCUT2D eigenvalue weighted by molar-refractivity contribution is 5.83. The Hall–Kier alpha value is -3.09. The number of halogens is 1. The number of hydrazone groups is 1. The van der Waals surface area contributed by atoms with Crippen molar-refractivity contribution < 1.29 is 14.1 Å². The van der Waals surface area contributed by atoms with E-state index in [9.17, 15) is 19.3 Å². The standard InChI is InChI=1S/C15H12FN3O3/c16-13-5-1-12(2-6-13)10-17-18-15(20)9-11-3-7-14(8-4-11)19(21)22/h1-8,10H,9H2,(H,18,20)/b17-10-. The maximum absolute atomic E-state index is 12.7. The van der Waals surface area contributed by atoms with Gasteiger partial charge in [0, 0.05) is 12.1 Å². The number of nitro groups is 1.